The van der Waals surface area contributed by atoms with Crippen LogP contribution in [-0.4, -0.2) is 24.3 Å². The molecule has 0 saturated heterocycles. The SMILES string of the molecule is C=C[C@H]1C[C@H](O)[C@@H](C)[C@@H]1C(=O)OC. The third kappa shape index (κ3) is 1.75. The number of ether oxygens (including phenoxy) is 1. The molecule has 1 aliphatic rings. The first-order valence-corrected chi connectivity index (χ1v) is 4.50. The topological polar surface area (TPSA) is 46.5 Å². The van der Waals surface area contributed by atoms with Gasteiger partial charge >= 0.3 is 5.97 Å². The number of carbonyl (C=O) groups is 1. The molecule has 1 saturated carbocycles. The number of aliphatic hydroxyl groups is 1. The molecule has 0 radical (unpaired) electrons. The second-order valence-electron chi connectivity index (χ2n) is 3.61. The predicted molar refractivity (Wildman–Crippen MR) is 49.0 cm³/mol. The Labute approximate surface area is 78.4 Å². The van der Waals surface area contributed by atoms with E-state index in [2.05, 4.69) is 11.3 Å². The molecule has 1 rings (SSSR count). The quantitative estimate of drug-likeness (QED) is 0.514. The third-order valence-electron chi connectivity index (χ3n) is 2.92. The zero-order valence-electron chi connectivity index (χ0n) is 8.06. The molecule has 0 aliphatic heterocycles. The highest BCUT2D eigenvalue weighted by molar-refractivity contribution is 5.73. The van der Waals surface area contributed by atoms with E-state index in [1.807, 2.05) is 6.92 Å². The molecular formula is C10H16O3. The van der Waals surface area contributed by atoms with Crippen molar-refractivity contribution >= 4 is 5.97 Å². The Morgan fingerprint density at radius 3 is 2.77 bits per heavy atom. The van der Waals surface area contributed by atoms with E-state index < -0.39 is 6.10 Å². The van der Waals surface area contributed by atoms with E-state index in [1.54, 1.807) is 6.08 Å². The van der Waals surface area contributed by atoms with Gasteiger partial charge in [0, 0.05) is 0 Å². The molecule has 74 valence electrons. The van der Waals surface area contributed by atoms with Gasteiger partial charge < -0.3 is 9.84 Å². The second-order valence-corrected chi connectivity index (χ2v) is 3.61. The molecule has 0 bridgehead atoms. The molecular weight excluding hydrogens is 168 g/mol. The molecule has 0 heterocycles. The van der Waals surface area contributed by atoms with Crippen LogP contribution in [0.1, 0.15) is 13.3 Å². The second kappa shape index (κ2) is 3.92. The first-order chi connectivity index (χ1) is 6.11. The number of esters is 1. The van der Waals surface area contributed by atoms with Crippen LogP contribution in [0.4, 0.5) is 0 Å². The van der Waals surface area contributed by atoms with Crippen LogP contribution in [0.5, 0.6) is 0 Å². The maximum absolute atomic E-state index is 11.4. The average molecular weight is 184 g/mol. The molecule has 3 heteroatoms. The molecule has 0 spiro atoms. The van der Waals surface area contributed by atoms with Crippen LogP contribution in [0.2, 0.25) is 0 Å². The van der Waals surface area contributed by atoms with Gasteiger partial charge in [0.1, 0.15) is 0 Å². The molecule has 1 N–H and O–H groups in total. The maximum Gasteiger partial charge on any atom is 0.309 e. The minimum atomic E-state index is -0.410. The van der Waals surface area contributed by atoms with Crippen molar-refractivity contribution in [2.24, 2.45) is 17.8 Å². The lowest BCUT2D eigenvalue weighted by Gasteiger charge is -2.17. The van der Waals surface area contributed by atoms with E-state index in [0.717, 1.165) is 0 Å². The van der Waals surface area contributed by atoms with Crippen LogP contribution in [0.3, 0.4) is 0 Å². The highest BCUT2D eigenvalue weighted by Crippen LogP contribution is 2.38. The Morgan fingerprint density at radius 2 is 2.31 bits per heavy atom. The minimum Gasteiger partial charge on any atom is -0.469 e. The van der Waals surface area contributed by atoms with Crippen LogP contribution in [0.15, 0.2) is 12.7 Å². The summed E-state index contributed by atoms with van der Waals surface area (Å²) in [6.45, 7) is 5.53. The smallest absolute Gasteiger partial charge is 0.309 e. The molecule has 0 aromatic heterocycles. The summed E-state index contributed by atoms with van der Waals surface area (Å²) in [5.41, 5.74) is 0. The van der Waals surface area contributed by atoms with Crippen LogP contribution in [0.25, 0.3) is 0 Å². The fraction of sp³-hybridized carbons (Fsp3) is 0.700. The van der Waals surface area contributed by atoms with E-state index in [0.29, 0.717) is 6.42 Å². The molecule has 0 amide bonds. The summed E-state index contributed by atoms with van der Waals surface area (Å²) in [6.07, 6.45) is 1.94. The maximum atomic E-state index is 11.4. The van der Waals surface area contributed by atoms with Gasteiger partial charge in [0.25, 0.3) is 0 Å². The van der Waals surface area contributed by atoms with Crippen LogP contribution in [0, 0.1) is 17.8 Å². The standard InChI is InChI=1S/C10H16O3/c1-4-7-5-8(11)6(2)9(7)10(12)13-3/h4,6-9,11H,1,5H2,2-3H3/t6-,7+,8+,9+/m1/s1. The predicted octanol–water partition coefficient (Wildman–Crippen LogP) is 0.978. The van der Waals surface area contributed by atoms with Crippen molar-refractivity contribution in [3.63, 3.8) is 0 Å². The normalized spacial score (nSPS) is 38.7. The third-order valence-corrected chi connectivity index (χ3v) is 2.92. The van der Waals surface area contributed by atoms with Gasteiger partial charge in [-0.3, -0.25) is 4.79 Å². The first-order valence-electron chi connectivity index (χ1n) is 4.50. The summed E-state index contributed by atoms with van der Waals surface area (Å²) < 4.78 is 4.69. The van der Waals surface area contributed by atoms with Crippen molar-refractivity contribution in [3.8, 4) is 0 Å². The number of aliphatic hydroxyl groups excluding tert-OH is 1. The van der Waals surface area contributed by atoms with Gasteiger partial charge in [-0.15, -0.1) is 6.58 Å². The molecule has 0 unspecified atom stereocenters. The summed E-state index contributed by atoms with van der Waals surface area (Å²) in [5.74, 6) is -0.445. The zero-order valence-corrected chi connectivity index (χ0v) is 8.06. The van der Waals surface area contributed by atoms with E-state index >= 15 is 0 Å². The van der Waals surface area contributed by atoms with Crippen LogP contribution in [-0.2, 0) is 9.53 Å². The lowest BCUT2D eigenvalue weighted by Crippen LogP contribution is -2.26. The van der Waals surface area contributed by atoms with Crippen molar-refractivity contribution in [3.05, 3.63) is 12.7 Å². The highest BCUT2D eigenvalue weighted by Gasteiger charge is 2.43. The number of carbonyl (C=O) groups excluding carboxylic acids is 1. The first kappa shape index (κ1) is 10.3. The van der Waals surface area contributed by atoms with Crippen molar-refractivity contribution in [1.82, 2.24) is 0 Å². The largest absolute Gasteiger partial charge is 0.469 e. The lowest BCUT2D eigenvalue weighted by molar-refractivity contribution is -0.148. The Kier molecular flexibility index (Phi) is 3.09. The fourth-order valence-corrected chi connectivity index (χ4v) is 2.04. The summed E-state index contributed by atoms with van der Waals surface area (Å²) in [7, 11) is 1.37. The zero-order chi connectivity index (χ0) is 10.0. The number of methoxy groups -OCH3 is 1. The summed E-state index contributed by atoms with van der Waals surface area (Å²) in [4.78, 5) is 11.4. The lowest BCUT2D eigenvalue weighted by atomic mass is 9.90. The summed E-state index contributed by atoms with van der Waals surface area (Å²) in [5, 5.41) is 9.56. The van der Waals surface area contributed by atoms with Crippen LogP contribution < -0.4 is 0 Å². The summed E-state index contributed by atoms with van der Waals surface area (Å²) >= 11 is 0. The molecule has 13 heavy (non-hydrogen) atoms. The van der Waals surface area contributed by atoms with E-state index in [4.69, 9.17) is 0 Å². The van der Waals surface area contributed by atoms with Gasteiger partial charge in [0.2, 0.25) is 0 Å². The molecule has 1 fully saturated rings. The Balaban J connectivity index is 2.79. The fourth-order valence-electron chi connectivity index (χ4n) is 2.04. The summed E-state index contributed by atoms with van der Waals surface area (Å²) in [6, 6.07) is 0. The molecule has 0 aromatic carbocycles. The Morgan fingerprint density at radius 1 is 1.69 bits per heavy atom. The number of rotatable bonds is 2. The number of hydrogen-bond donors (Lipinski definition) is 1. The molecule has 4 atom stereocenters. The Bertz CT molecular complexity index is 212. The molecule has 0 aromatic rings. The van der Waals surface area contributed by atoms with Gasteiger partial charge in [-0.25, -0.2) is 0 Å². The highest BCUT2D eigenvalue weighted by atomic mass is 16.5. The Hall–Kier alpha value is -0.830. The van der Waals surface area contributed by atoms with Crippen molar-refractivity contribution in [2.75, 3.05) is 7.11 Å². The van der Waals surface area contributed by atoms with Gasteiger partial charge in [0.05, 0.1) is 19.1 Å². The van der Waals surface area contributed by atoms with Gasteiger partial charge in [-0.05, 0) is 18.3 Å². The van der Waals surface area contributed by atoms with E-state index in [9.17, 15) is 9.90 Å². The number of allylic oxidation sites excluding steroid dienone is 1. The van der Waals surface area contributed by atoms with Gasteiger partial charge in [-0.1, -0.05) is 13.0 Å². The van der Waals surface area contributed by atoms with Crippen LogP contribution >= 0.6 is 0 Å². The monoisotopic (exact) mass is 184 g/mol. The van der Waals surface area contributed by atoms with Crippen molar-refractivity contribution in [2.45, 2.75) is 19.4 Å². The van der Waals surface area contributed by atoms with E-state index in [-0.39, 0.29) is 23.7 Å². The van der Waals surface area contributed by atoms with Crippen molar-refractivity contribution < 1.29 is 14.6 Å². The van der Waals surface area contributed by atoms with E-state index in [1.165, 1.54) is 7.11 Å². The average Bonchev–Trinajstić information content (AvgIpc) is 2.42. The minimum absolute atomic E-state index is 0.0320. The number of hydrogen-bond acceptors (Lipinski definition) is 3. The molecule has 1 aliphatic carbocycles. The van der Waals surface area contributed by atoms with Gasteiger partial charge in [0.15, 0.2) is 0 Å². The molecule has 3 nitrogen and oxygen atoms in total. The van der Waals surface area contributed by atoms with Crippen molar-refractivity contribution in [1.29, 1.82) is 0 Å². The van der Waals surface area contributed by atoms with Gasteiger partial charge in [-0.2, -0.15) is 0 Å².